The normalized spacial score (nSPS) is 17.6. The molecule has 68 valence electrons. The predicted octanol–water partition coefficient (Wildman–Crippen LogP) is -3.00. The van der Waals surface area contributed by atoms with Crippen LogP contribution in [0.25, 0.3) is 0 Å². The second-order valence-corrected chi connectivity index (χ2v) is 3.05. The molecule has 0 aromatic heterocycles. The summed E-state index contributed by atoms with van der Waals surface area (Å²) in [5.74, 6) is 0. The van der Waals surface area contributed by atoms with Gasteiger partial charge < -0.3 is 14.0 Å². The summed E-state index contributed by atoms with van der Waals surface area (Å²) in [6.07, 6.45) is -1.21. The first-order chi connectivity index (χ1) is 5.06. The van der Waals surface area contributed by atoms with E-state index in [-0.39, 0.29) is 29.6 Å². The second kappa shape index (κ2) is 8.84. The first kappa shape index (κ1) is 15.7. The van der Waals surface area contributed by atoms with E-state index in [2.05, 4.69) is 13.7 Å². The van der Waals surface area contributed by atoms with Crippen LogP contribution in [0, 0.1) is 0 Å². The minimum Gasteiger partial charge on any atom is -0.781 e. The maximum Gasteiger partial charge on any atom is 1.00 e. The van der Waals surface area contributed by atoms with Crippen molar-refractivity contribution in [3.05, 3.63) is 0 Å². The largest absolute Gasteiger partial charge is 1.00 e. The van der Waals surface area contributed by atoms with Gasteiger partial charge in [-0.1, -0.05) is 0 Å². The molecule has 0 aliphatic carbocycles. The van der Waals surface area contributed by atoms with E-state index in [1.54, 1.807) is 0 Å². The van der Waals surface area contributed by atoms with Gasteiger partial charge in [-0.05, 0) is 6.92 Å². The fourth-order valence-corrected chi connectivity index (χ4v) is 1.09. The van der Waals surface area contributed by atoms with Gasteiger partial charge in [-0.2, -0.15) is 4.67 Å². The monoisotopic (exact) mass is 228 g/mol. The van der Waals surface area contributed by atoms with Gasteiger partial charge >= 0.3 is 37.8 Å². The van der Waals surface area contributed by atoms with Crippen LogP contribution in [0.5, 0.6) is 0 Å². The van der Waals surface area contributed by atoms with E-state index >= 15 is 0 Å². The van der Waals surface area contributed by atoms with E-state index in [1.807, 2.05) is 0 Å². The molecule has 3 atom stereocenters. The van der Waals surface area contributed by atoms with Crippen LogP contribution in [-0.4, -0.2) is 11.5 Å². The van der Waals surface area contributed by atoms with Crippen molar-refractivity contribution in [2.45, 2.75) is 13.2 Å². The average molecular weight is 228 g/mol. The van der Waals surface area contributed by atoms with Crippen LogP contribution < -0.4 is 34.5 Å². The van der Waals surface area contributed by atoms with Crippen LogP contribution in [-0.2, 0) is 22.9 Å². The molecule has 0 aliphatic heterocycles. The first-order valence-corrected chi connectivity index (χ1v) is 4.91. The number of rotatable bonds is 5. The molecule has 0 aliphatic rings. The van der Waals surface area contributed by atoms with Gasteiger partial charge in [-0.15, -0.1) is 0 Å². The Morgan fingerprint density at radius 3 is 2.25 bits per heavy atom. The standard InChI is InChI=1S/C2H8O7P2.Na/c1-2(7-10(4)5)8-11(6)9-3;/h2-3,10-11H,1H3,(H,4,5);/q;+1/p-1. The molecule has 1 N–H and O–H groups in total. The summed E-state index contributed by atoms with van der Waals surface area (Å²) in [5.41, 5.74) is 0. The van der Waals surface area contributed by atoms with Crippen molar-refractivity contribution < 1.29 is 62.6 Å². The van der Waals surface area contributed by atoms with Gasteiger partial charge in [0, 0.05) is 0 Å². The van der Waals surface area contributed by atoms with Gasteiger partial charge in [0.2, 0.25) is 0 Å². The molecule has 0 saturated heterocycles. The molecule has 0 spiro atoms. The third-order valence-corrected chi connectivity index (χ3v) is 1.80. The third-order valence-electron chi connectivity index (χ3n) is 0.599. The van der Waals surface area contributed by atoms with Crippen molar-refractivity contribution in [2.24, 2.45) is 0 Å². The zero-order valence-electron chi connectivity index (χ0n) is 6.47. The molecule has 0 radical (unpaired) electrons. The molecule has 0 saturated carbocycles. The van der Waals surface area contributed by atoms with Crippen LogP contribution >= 0.6 is 16.5 Å². The minimum atomic E-state index is -3.37. The van der Waals surface area contributed by atoms with Crippen molar-refractivity contribution >= 4 is 16.5 Å². The van der Waals surface area contributed by atoms with Crippen molar-refractivity contribution in [3.63, 3.8) is 0 Å². The zero-order valence-corrected chi connectivity index (χ0v) is 10.5. The second-order valence-electron chi connectivity index (χ2n) is 1.39. The molecule has 0 fully saturated rings. The average Bonchev–Trinajstić information content (AvgIpc) is 1.85. The summed E-state index contributed by atoms with van der Waals surface area (Å²) in [7, 11) is -6.43. The summed E-state index contributed by atoms with van der Waals surface area (Å²) in [5, 5.41) is 7.72. The molecule has 0 bridgehead atoms. The van der Waals surface area contributed by atoms with Gasteiger partial charge in [0.05, 0.1) is 0 Å². The topological polar surface area (TPSA) is 105 Å². The molecule has 7 nitrogen and oxygen atoms in total. The fourth-order valence-electron chi connectivity index (χ4n) is 0.317. The van der Waals surface area contributed by atoms with Crippen LogP contribution in [0.2, 0.25) is 0 Å². The van der Waals surface area contributed by atoms with Crippen molar-refractivity contribution in [2.75, 3.05) is 0 Å². The Morgan fingerprint density at radius 1 is 1.42 bits per heavy atom. The number of hydrogen-bond donors (Lipinski definition) is 1. The van der Waals surface area contributed by atoms with Crippen LogP contribution in [0.15, 0.2) is 0 Å². The van der Waals surface area contributed by atoms with Gasteiger partial charge in [0.1, 0.15) is 8.25 Å². The summed E-state index contributed by atoms with van der Waals surface area (Å²) in [4.78, 5) is 9.86. The van der Waals surface area contributed by atoms with E-state index < -0.39 is 22.8 Å². The van der Waals surface area contributed by atoms with Crippen molar-refractivity contribution in [1.29, 1.82) is 0 Å². The van der Waals surface area contributed by atoms with E-state index in [1.165, 1.54) is 6.92 Å². The van der Waals surface area contributed by atoms with Crippen LogP contribution in [0.3, 0.4) is 0 Å². The Balaban J connectivity index is 0. The molecule has 0 aromatic rings. The Labute approximate surface area is 92.1 Å². The Hall–Kier alpha value is 1.26. The first-order valence-electron chi connectivity index (χ1n) is 2.46. The molecular weight excluding hydrogens is 221 g/mol. The molecule has 0 aromatic carbocycles. The fraction of sp³-hybridized carbons (Fsp3) is 1.00. The van der Waals surface area contributed by atoms with Crippen LogP contribution in [0.1, 0.15) is 6.92 Å². The molecule has 12 heavy (non-hydrogen) atoms. The molecule has 0 rings (SSSR count). The molecular formula is C2H7NaO7P2. The molecule has 0 heterocycles. The molecule has 10 heteroatoms. The quantitative estimate of drug-likeness (QED) is 0.176. The van der Waals surface area contributed by atoms with Crippen molar-refractivity contribution in [3.8, 4) is 0 Å². The summed E-state index contributed by atoms with van der Waals surface area (Å²) in [6, 6.07) is 0. The third kappa shape index (κ3) is 9.35. The molecule has 0 amide bonds. The summed E-state index contributed by atoms with van der Waals surface area (Å²) in [6.45, 7) is 1.20. The van der Waals surface area contributed by atoms with E-state index in [0.717, 1.165) is 0 Å². The van der Waals surface area contributed by atoms with Gasteiger partial charge in [0.25, 0.3) is 0 Å². The maximum atomic E-state index is 10.2. The maximum absolute atomic E-state index is 10.2. The van der Waals surface area contributed by atoms with E-state index in [4.69, 9.17) is 5.26 Å². The predicted molar refractivity (Wildman–Crippen MR) is 33.3 cm³/mol. The summed E-state index contributed by atoms with van der Waals surface area (Å²) >= 11 is 0. The smallest absolute Gasteiger partial charge is 0.781 e. The van der Waals surface area contributed by atoms with Gasteiger partial charge in [0.15, 0.2) is 6.29 Å². The SMILES string of the molecule is CC(O[PH](=O)[O-])O[PH](=O)OO.[Na+]. The summed E-state index contributed by atoms with van der Waals surface area (Å²) < 4.78 is 31.5. The zero-order chi connectivity index (χ0) is 8.85. The van der Waals surface area contributed by atoms with Crippen LogP contribution in [0.4, 0.5) is 0 Å². The van der Waals surface area contributed by atoms with Crippen molar-refractivity contribution in [1.82, 2.24) is 0 Å². The van der Waals surface area contributed by atoms with Gasteiger partial charge in [-0.3, -0.25) is 9.09 Å². The molecule has 3 unspecified atom stereocenters. The van der Waals surface area contributed by atoms with E-state index in [9.17, 15) is 14.0 Å². The minimum absolute atomic E-state index is 0. The number of hydrogen-bond acceptors (Lipinski definition) is 7. The Morgan fingerprint density at radius 2 is 1.92 bits per heavy atom. The van der Waals surface area contributed by atoms with E-state index in [0.29, 0.717) is 0 Å². The Bertz CT molecular complexity index is 161. The Kier molecular flexibility index (Phi) is 11.6. The van der Waals surface area contributed by atoms with Gasteiger partial charge in [-0.25, -0.2) is 5.26 Å².